The summed E-state index contributed by atoms with van der Waals surface area (Å²) in [5.41, 5.74) is 6.39. The van der Waals surface area contributed by atoms with Crippen molar-refractivity contribution in [2.75, 3.05) is 6.54 Å². The van der Waals surface area contributed by atoms with E-state index in [2.05, 4.69) is 12.2 Å². The number of hydrogen-bond acceptors (Lipinski definition) is 3. The SMILES string of the molecule is CC(CN)CCC(=O)NC(C)c1cc2ccccc2o1. The molecule has 3 N–H and O–H groups in total. The quantitative estimate of drug-likeness (QED) is 0.851. The van der Waals surface area contributed by atoms with Gasteiger partial charge in [0.1, 0.15) is 11.3 Å². The molecule has 108 valence electrons. The maximum absolute atomic E-state index is 11.9. The van der Waals surface area contributed by atoms with Crippen molar-refractivity contribution in [3.05, 3.63) is 36.1 Å². The standard InChI is InChI=1S/C16H22N2O2/c1-11(10-17)7-8-16(19)18-12(2)15-9-13-5-3-4-6-14(13)20-15/h3-6,9,11-12H,7-8,10,17H2,1-2H3,(H,18,19). The van der Waals surface area contributed by atoms with E-state index >= 15 is 0 Å². The minimum atomic E-state index is -0.122. The van der Waals surface area contributed by atoms with Crippen LogP contribution in [0.2, 0.25) is 0 Å². The van der Waals surface area contributed by atoms with Gasteiger partial charge in [-0.25, -0.2) is 0 Å². The van der Waals surface area contributed by atoms with Crippen LogP contribution < -0.4 is 11.1 Å². The molecule has 1 aromatic heterocycles. The Balaban J connectivity index is 1.94. The van der Waals surface area contributed by atoms with Crippen LogP contribution in [0.15, 0.2) is 34.7 Å². The molecule has 0 saturated carbocycles. The number of hydrogen-bond donors (Lipinski definition) is 2. The van der Waals surface area contributed by atoms with Crippen molar-refractivity contribution in [3.63, 3.8) is 0 Å². The molecule has 4 nitrogen and oxygen atoms in total. The second-order valence-electron chi connectivity index (χ2n) is 5.36. The smallest absolute Gasteiger partial charge is 0.220 e. The molecule has 0 aliphatic rings. The van der Waals surface area contributed by atoms with E-state index in [4.69, 9.17) is 10.2 Å². The lowest BCUT2D eigenvalue weighted by Gasteiger charge is -2.12. The normalized spacial score (nSPS) is 14.2. The predicted octanol–water partition coefficient (Wildman–Crippen LogP) is 2.99. The molecule has 1 amide bonds. The molecule has 4 heteroatoms. The molecule has 0 aliphatic carbocycles. The predicted molar refractivity (Wildman–Crippen MR) is 80.2 cm³/mol. The van der Waals surface area contributed by atoms with Crippen LogP contribution in [-0.2, 0) is 4.79 Å². The lowest BCUT2D eigenvalue weighted by molar-refractivity contribution is -0.122. The van der Waals surface area contributed by atoms with Gasteiger partial charge in [0.2, 0.25) is 5.91 Å². The Labute approximate surface area is 119 Å². The zero-order valence-corrected chi connectivity index (χ0v) is 12.1. The van der Waals surface area contributed by atoms with Gasteiger partial charge in [-0.15, -0.1) is 0 Å². The third kappa shape index (κ3) is 3.61. The Morgan fingerprint density at radius 1 is 1.35 bits per heavy atom. The van der Waals surface area contributed by atoms with Crippen molar-refractivity contribution in [3.8, 4) is 0 Å². The summed E-state index contributed by atoms with van der Waals surface area (Å²) >= 11 is 0. The van der Waals surface area contributed by atoms with E-state index in [9.17, 15) is 4.79 Å². The minimum absolute atomic E-state index is 0.0401. The van der Waals surface area contributed by atoms with E-state index < -0.39 is 0 Å². The first-order valence-electron chi connectivity index (χ1n) is 7.08. The van der Waals surface area contributed by atoms with Gasteiger partial charge in [-0.2, -0.15) is 0 Å². The number of carbonyl (C=O) groups is 1. The maximum Gasteiger partial charge on any atom is 0.220 e. The molecule has 2 aromatic rings. The number of rotatable bonds is 6. The lowest BCUT2D eigenvalue weighted by Crippen LogP contribution is -2.27. The van der Waals surface area contributed by atoms with Crippen molar-refractivity contribution in [1.29, 1.82) is 0 Å². The zero-order chi connectivity index (χ0) is 14.5. The van der Waals surface area contributed by atoms with Gasteiger partial charge >= 0.3 is 0 Å². The molecule has 0 saturated heterocycles. The van der Waals surface area contributed by atoms with Crippen LogP contribution in [0.1, 0.15) is 38.5 Å². The van der Waals surface area contributed by atoms with E-state index in [1.807, 2.05) is 37.3 Å². The van der Waals surface area contributed by atoms with Crippen LogP contribution in [0.4, 0.5) is 0 Å². The summed E-state index contributed by atoms with van der Waals surface area (Å²) in [6.07, 6.45) is 1.32. The van der Waals surface area contributed by atoms with E-state index in [1.54, 1.807) is 0 Å². The molecular formula is C16H22N2O2. The molecule has 1 aromatic carbocycles. The van der Waals surface area contributed by atoms with Gasteiger partial charge in [0.25, 0.3) is 0 Å². The Morgan fingerprint density at radius 2 is 2.10 bits per heavy atom. The second kappa shape index (κ2) is 6.57. The third-order valence-electron chi connectivity index (χ3n) is 3.52. The van der Waals surface area contributed by atoms with Gasteiger partial charge in [-0.3, -0.25) is 4.79 Å². The van der Waals surface area contributed by atoms with Gasteiger partial charge in [0, 0.05) is 11.8 Å². The monoisotopic (exact) mass is 274 g/mol. The molecule has 0 radical (unpaired) electrons. The number of benzene rings is 1. The number of amides is 1. The Hall–Kier alpha value is -1.81. The zero-order valence-electron chi connectivity index (χ0n) is 12.1. The van der Waals surface area contributed by atoms with Gasteiger partial charge in [-0.05, 0) is 37.9 Å². The molecule has 0 fully saturated rings. The summed E-state index contributed by atoms with van der Waals surface area (Å²) in [5, 5.41) is 4.02. The summed E-state index contributed by atoms with van der Waals surface area (Å²) < 4.78 is 5.74. The van der Waals surface area contributed by atoms with Gasteiger partial charge < -0.3 is 15.5 Å². The topological polar surface area (TPSA) is 68.3 Å². The van der Waals surface area contributed by atoms with Crippen molar-refractivity contribution < 1.29 is 9.21 Å². The Kier molecular flexibility index (Phi) is 4.79. The molecule has 1 heterocycles. The van der Waals surface area contributed by atoms with Gasteiger partial charge in [-0.1, -0.05) is 25.1 Å². The van der Waals surface area contributed by atoms with E-state index in [0.29, 0.717) is 18.9 Å². The van der Waals surface area contributed by atoms with E-state index in [0.717, 1.165) is 23.2 Å². The summed E-state index contributed by atoms with van der Waals surface area (Å²) in [6.45, 7) is 4.60. The largest absolute Gasteiger partial charge is 0.459 e. The third-order valence-corrected chi connectivity index (χ3v) is 3.52. The first-order valence-corrected chi connectivity index (χ1v) is 7.08. The highest BCUT2D eigenvalue weighted by molar-refractivity contribution is 5.79. The summed E-state index contributed by atoms with van der Waals surface area (Å²) in [7, 11) is 0. The van der Waals surface area contributed by atoms with Gasteiger partial charge in [0.05, 0.1) is 6.04 Å². The summed E-state index contributed by atoms with van der Waals surface area (Å²) in [6, 6.07) is 9.69. The van der Waals surface area contributed by atoms with Crippen LogP contribution in [0.5, 0.6) is 0 Å². The molecule has 0 spiro atoms. The molecule has 2 unspecified atom stereocenters. The number of fused-ring (bicyclic) bond motifs is 1. The van der Waals surface area contributed by atoms with Crippen LogP contribution in [0.3, 0.4) is 0 Å². The fourth-order valence-electron chi connectivity index (χ4n) is 2.10. The number of para-hydroxylation sites is 1. The van der Waals surface area contributed by atoms with Crippen molar-refractivity contribution in [2.45, 2.75) is 32.7 Å². The van der Waals surface area contributed by atoms with E-state index in [1.165, 1.54) is 0 Å². The number of nitrogens with two attached hydrogens (primary N) is 1. The minimum Gasteiger partial charge on any atom is -0.459 e. The number of nitrogens with one attached hydrogen (secondary N) is 1. The molecular weight excluding hydrogens is 252 g/mol. The van der Waals surface area contributed by atoms with Crippen molar-refractivity contribution in [1.82, 2.24) is 5.32 Å². The lowest BCUT2D eigenvalue weighted by atomic mass is 10.1. The van der Waals surface area contributed by atoms with Crippen LogP contribution in [0.25, 0.3) is 11.0 Å². The highest BCUT2D eigenvalue weighted by Crippen LogP contribution is 2.23. The second-order valence-corrected chi connectivity index (χ2v) is 5.36. The average Bonchev–Trinajstić information content (AvgIpc) is 2.88. The highest BCUT2D eigenvalue weighted by Gasteiger charge is 2.14. The number of furan rings is 1. The molecule has 2 atom stereocenters. The number of carbonyl (C=O) groups excluding carboxylic acids is 1. The fourth-order valence-corrected chi connectivity index (χ4v) is 2.10. The molecule has 2 rings (SSSR count). The van der Waals surface area contributed by atoms with Crippen LogP contribution in [-0.4, -0.2) is 12.5 Å². The molecule has 20 heavy (non-hydrogen) atoms. The van der Waals surface area contributed by atoms with E-state index in [-0.39, 0.29) is 11.9 Å². The molecule has 0 bridgehead atoms. The van der Waals surface area contributed by atoms with Gasteiger partial charge in [0.15, 0.2) is 0 Å². The molecule has 0 aliphatic heterocycles. The Bertz CT molecular complexity index is 544. The Morgan fingerprint density at radius 3 is 2.80 bits per heavy atom. The first kappa shape index (κ1) is 14.6. The summed E-state index contributed by atoms with van der Waals surface area (Å²) in [5.74, 6) is 1.20. The van der Waals surface area contributed by atoms with Crippen LogP contribution in [0, 0.1) is 5.92 Å². The highest BCUT2D eigenvalue weighted by atomic mass is 16.3. The first-order chi connectivity index (χ1) is 9.60. The maximum atomic E-state index is 11.9. The van der Waals surface area contributed by atoms with Crippen molar-refractivity contribution >= 4 is 16.9 Å². The summed E-state index contributed by atoms with van der Waals surface area (Å²) in [4.78, 5) is 11.9. The van der Waals surface area contributed by atoms with Crippen molar-refractivity contribution in [2.24, 2.45) is 11.7 Å². The average molecular weight is 274 g/mol. The van der Waals surface area contributed by atoms with Crippen LogP contribution >= 0.6 is 0 Å². The fraction of sp³-hybridized carbons (Fsp3) is 0.438.